The summed E-state index contributed by atoms with van der Waals surface area (Å²) in [7, 11) is 1.85. The number of benzene rings is 2. The molecule has 2 aliphatic rings. The number of hydrogen-bond acceptors (Lipinski definition) is 4. The van der Waals surface area contributed by atoms with Crippen molar-refractivity contribution in [2.75, 3.05) is 20.1 Å². The molecule has 2 aromatic carbocycles. The first-order valence-corrected chi connectivity index (χ1v) is 11.1. The van der Waals surface area contributed by atoms with Crippen molar-refractivity contribution in [1.82, 2.24) is 14.8 Å². The normalized spacial score (nSPS) is 21.0. The zero-order valence-corrected chi connectivity index (χ0v) is 17.8. The predicted molar refractivity (Wildman–Crippen MR) is 118 cm³/mol. The first-order valence-electron chi connectivity index (χ1n) is 11.1. The molecule has 6 nitrogen and oxygen atoms in total. The number of fused-ring (bicyclic) bond motifs is 1. The smallest absolute Gasteiger partial charge is 0.253 e. The molecule has 0 spiro atoms. The highest BCUT2D eigenvalue weighted by molar-refractivity contribution is 5.95. The summed E-state index contributed by atoms with van der Waals surface area (Å²) >= 11 is 0. The molecule has 1 saturated heterocycles. The van der Waals surface area contributed by atoms with Crippen LogP contribution in [0.4, 0.5) is 0 Å². The fourth-order valence-electron chi connectivity index (χ4n) is 4.85. The molecule has 31 heavy (non-hydrogen) atoms. The molecule has 0 N–H and O–H groups in total. The minimum atomic E-state index is -0.0108. The third-order valence-corrected chi connectivity index (χ3v) is 6.71. The predicted octanol–water partition coefficient (Wildman–Crippen LogP) is 4.36. The van der Waals surface area contributed by atoms with Crippen molar-refractivity contribution in [2.24, 2.45) is 5.92 Å². The molecule has 0 radical (unpaired) electrons. The molecule has 0 unspecified atom stereocenters. The molecule has 5 rings (SSSR count). The van der Waals surface area contributed by atoms with Gasteiger partial charge in [0.2, 0.25) is 11.8 Å². The minimum Gasteiger partial charge on any atom is -0.436 e. The Kier molecular flexibility index (Phi) is 5.22. The highest BCUT2D eigenvalue weighted by Gasteiger charge is 2.36. The molecule has 2 atom stereocenters. The van der Waals surface area contributed by atoms with Gasteiger partial charge < -0.3 is 14.2 Å². The Labute approximate surface area is 181 Å². The van der Waals surface area contributed by atoms with E-state index in [2.05, 4.69) is 4.98 Å². The summed E-state index contributed by atoms with van der Waals surface area (Å²) in [6.07, 6.45) is 4.74. The summed E-state index contributed by atoms with van der Waals surface area (Å²) in [5, 5.41) is 0. The fourth-order valence-corrected chi connectivity index (χ4v) is 4.85. The summed E-state index contributed by atoms with van der Waals surface area (Å²) in [4.78, 5) is 34.1. The fraction of sp³-hybridized carbons (Fsp3) is 0.400. The van der Waals surface area contributed by atoms with Gasteiger partial charge in [0.05, 0.1) is 0 Å². The van der Waals surface area contributed by atoms with E-state index in [0.717, 1.165) is 61.9 Å². The quantitative estimate of drug-likeness (QED) is 0.633. The van der Waals surface area contributed by atoms with Crippen LogP contribution in [0, 0.1) is 5.92 Å². The Morgan fingerprint density at radius 3 is 2.52 bits per heavy atom. The molecule has 160 valence electrons. The zero-order valence-electron chi connectivity index (χ0n) is 17.8. The van der Waals surface area contributed by atoms with Crippen molar-refractivity contribution < 1.29 is 14.0 Å². The maximum atomic E-state index is 13.0. The maximum Gasteiger partial charge on any atom is 0.253 e. The molecule has 3 aromatic rings. The van der Waals surface area contributed by atoms with Gasteiger partial charge in [0.15, 0.2) is 5.58 Å². The number of oxazole rings is 1. The molecular weight excluding hydrogens is 390 g/mol. The summed E-state index contributed by atoms with van der Waals surface area (Å²) in [5.74, 6) is 0.874. The van der Waals surface area contributed by atoms with Crippen molar-refractivity contribution in [2.45, 2.75) is 38.1 Å². The number of carbonyl (C=O) groups is 2. The van der Waals surface area contributed by atoms with Crippen LogP contribution in [0.3, 0.4) is 0 Å². The van der Waals surface area contributed by atoms with Gasteiger partial charge in [0.1, 0.15) is 5.52 Å². The van der Waals surface area contributed by atoms with Gasteiger partial charge in [-0.3, -0.25) is 9.59 Å². The molecule has 2 fully saturated rings. The zero-order chi connectivity index (χ0) is 21.4. The van der Waals surface area contributed by atoms with Crippen molar-refractivity contribution in [3.63, 3.8) is 0 Å². The first-order chi connectivity index (χ1) is 15.1. The van der Waals surface area contributed by atoms with Crippen LogP contribution in [0.15, 0.2) is 52.9 Å². The van der Waals surface area contributed by atoms with Crippen LogP contribution in [0.1, 0.15) is 42.5 Å². The average molecular weight is 418 g/mol. The van der Waals surface area contributed by atoms with Gasteiger partial charge in [-0.2, -0.15) is 0 Å². The van der Waals surface area contributed by atoms with E-state index in [4.69, 9.17) is 4.42 Å². The molecule has 2 heterocycles. The lowest BCUT2D eigenvalue weighted by Crippen LogP contribution is -2.37. The lowest BCUT2D eigenvalue weighted by molar-refractivity contribution is -0.134. The van der Waals surface area contributed by atoms with Crippen molar-refractivity contribution >= 4 is 22.9 Å². The van der Waals surface area contributed by atoms with Crippen molar-refractivity contribution in [1.29, 1.82) is 0 Å². The second-order valence-corrected chi connectivity index (χ2v) is 8.68. The second-order valence-electron chi connectivity index (χ2n) is 8.68. The van der Waals surface area contributed by atoms with Crippen LogP contribution < -0.4 is 0 Å². The lowest BCUT2D eigenvalue weighted by atomic mass is 10.1. The number of hydrogen-bond donors (Lipinski definition) is 0. The van der Waals surface area contributed by atoms with E-state index in [0.29, 0.717) is 11.5 Å². The Bertz CT molecular complexity index is 1070. The van der Waals surface area contributed by atoms with E-state index in [1.54, 1.807) is 0 Å². The van der Waals surface area contributed by atoms with E-state index < -0.39 is 0 Å². The SMILES string of the molecule is CN(C(=O)c1ccc(-c2nc3ccccc3o2)cc1)[C@@H]1CC[C@H](C(=O)N2CCCC2)C1. The third kappa shape index (κ3) is 3.82. The average Bonchev–Trinajstić information content (AvgIpc) is 3.58. The van der Waals surface area contributed by atoms with Gasteiger partial charge in [0, 0.05) is 43.2 Å². The standard InChI is InChI=1S/C25H27N3O3/c1-27(20-13-12-19(16-20)25(30)28-14-4-5-15-28)24(29)18-10-8-17(9-11-18)23-26-21-6-2-3-7-22(21)31-23/h2-3,6-11,19-20H,4-5,12-16H2,1H3/t19-,20+/m0/s1. The highest BCUT2D eigenvalue weighted by Crippen LogP contribution is 2.32. The molecule has 6 heteroatoms. The van der Waals surface area contributed by atoms with Crippen LogP contribution in [0.2, 0.25) is 0 Å². The van der Waals surface area contributed by atoms with E-state index in [1.807, 2.05) is 65.4 Å². The molecular formula is C25H27N3O3. The Balaban J connectivity index is 1.25. The van der Waals surface area contributed by atoms with E-state index in [9.17, 15) is 9.59 Å². The number of para-hydroxylation sites is 2. The van der Waals surface area contributed by atoms with Crippen LogP contribution in [-0.4, -0.2) is 52.8 Å². The molecule has 1 aliphatic heterocycles. The molecule has 0 bridgehead atoms. The third-order valence-electron chi connectivity index (χ3n) is 6.71. The van der Waals surface area contributed by atoms with E-state index >= 15 is 0 Å². The largest absolute Gasteiger partial charge is 0.436 e. The van der Waals surface area contributed by atoms with Gasteiger partial charge in [-0.25, -0.2) is 4.98 Å². The van der Waals surface area contributed by atoms with Gasteiger partial charge in [-0.1, -0.05) is 12.1 Å². The molecule has 1 aromatic heterocycles. The highest BCUT2D eigenvalue weighted by atomic mass is 16.3. The van der Waals surface area contributed by atoms with E-state index in [1.165, 1.54) is 0 Å². The summed E-state index contributed by atoms with van der Waals surface area (Å²) in [5.41, 5.74) is 3.04. The van der Waals surface area contributed by atoms with Crippen molar-refractivity contribution in [3.05, 3.63) is 54.1 Å². The number of amides is 2. The molecule has 1 aliphatic carbocycles. The maximum absolute atomic E-state index is 13.0. The number of carbonyl (C=O) groups excluding carboxylic acids is 2. The monoisotopic (exact) mass is 417 g/mol. The number of rotatable bonds is 4. The topological polar surface area (TPSA) is 66.7 Å². The van der Waals surface area contributed by atoms with Gasteiger partial charge in [0.25, 0.3) is 5.91 Å². The molecule has 1 saturated carbocycles. The summed E-state index contributed by atoms with van der Waals surface area (Å²) in [6, 6.07) is 15.2. The van der Waals surface area contributed by atoms with Crippen molar-refractivity contribution in [3.8, 4) is 11.5 Å². The number of nitrogens with zero attached hydrogens (tertiary/aromatic N) is 3. The van der Waals surface area contributed by atoms with Gasteiger partial charge in [-0.05, 0) is 68.5 Å². The van der Waals surface area contributed by atoms with Gasteiger partial charge >= 0.3 is 0 Å². The second kappa shape index (κ2) is 8.17. The van der Waals surface area contributed by atoms with Gasteiger partial charge in [-0.15, -0.1) is 0 Å². The minimum absolute atomic E-state index is 0.0108. The van der Waals surface area contributed by atoms with E-state index in [-0.39, 0.29) is 23.8 Å². The van der Waals surface area contributed by atoms with Crippen LogP contribution >= 0.6 is 0 Å². The lowest BCUT2D eigenvalue weighted by Gasteiger charge is -2.25. The van der Waals surface area contributed by atoms with Crippen LogP contribution in [-0.2, 0) is 4.79 Å². The van der Waals surface area contributed by atoms with Crippen LogP contribution in [0.5, 0.6) is 0 Å². The molecule has 2 amide bonds. The Morgan fingerprint density at radius 1 is 1.03 bits per heavy atom. The first kappa shape index (κ1) is 19.8. The number of likely N-dealkylation sites (tertiary alicyclic amines) is 1. The Morgan fingerprint density at radius 2 is 1.77 bits per heavy atom. The summed E-state index contributed by atoms with van der Waals surface area (Å²) in [6.45, 7) is 1.78. The summed E-state index contributed by atoms with van der Waals surface area (Å²) < 4.78 is 5.82. The Hall–Kier alpha value is -3.15. The number of aromatic nitrogens is 1. The van der Waals surface area contributed by atoms with Crippen LogP contribution in [0.25, 0.3) is 22.6 Å².